The number of nitrogens with zero attached hydrogens (tertiary/aromatic N) is 2. The Labute approximate surface area is 240 Å². The number of hydrogen-bond donors (Lipinski definition) is 1. The normalized spacial score (nSPS) is 32.3. The third kappa shape index (κ3) is 4.48. The third-order valence-corrected chi connectivity index (χ3v) is 9.23. The lowest BCUT2D eigenvalue weighted by Crippen LogP contribution is -2.56. The Kier molecular flexibility index (Phi) is 7.47. The molecule has 1 spiro atoms. The minimum absolute atomic E-state index is 0.00642. The van der Waals surface area contributed by atoms with E-state index in [4.69, 9.17) is 9.47 Å². The number of carbonyl (C=O) groups is 3. The van der Waals surface area contributed by atoms with Crippen LogP contribution in [0.3, 0.4) is 0 Å². The Bertz CT molecular complexity index is 1400. The van der Waals surface area contributed by atoms with E-state index in [1.807, 2.05) is 67.6 Å². The first kappa shape index (κ1) is 27.7. The third-order valence-electron chi connectivity index (χ3n) is 9.23. The average Bonchev–Trinajstić information content (AvgIpc) is 3.34. The van der Waals surface area contributed by atoms with Crippen molar-refractivity contribution in [3.8, 4) is 0 Å². The fourth-order valence-corrected chi connectivity index (χ4v) is 7.25. The first-order chi connectivity index (χ1) is 20.0. The predicted molar refractivity (Wildman–Crippen MR) is 155 cm³/mol. The van der Waals surface area contributed by atoms with Crippen molar-refractivity contribution in [2.45, 2.75) is 62.7 Å². The molecule has 4 aliphatic rings. The van der Waals surface area contributed by atoms with Gasteiger partial charge in [-0.15, -0.1) is 0 Å². The zero-order valence-corrected chi connectivity index (χ0v) is 23.5. The van der Waals surface area contributed by atoms with E-state index in [1.165, 1.54) is 0 Å². The van der Waals surface area contributed by atoms with Gasteiger partial charge in [-0.05, 0) is 61.4 Å². The Morgan fingerprint density at radius 3 is 2.59 bits per heavy atom. The topological polar surface area (TPSA) is 96.4 Å². The van der Waals surface area contributed by atoms with Crippen molar-refractivity contribution in [3.63, 3.8) is 0 Å². The smallest absolute Gasteiger partial charge is 0.313 e. The van der Waals surface area contributed by atoms with Gasteiger partial charge in [-0.3, -0.25) is 14.4 Å². The number of benzene rings is 2. The van der Waals surface area contributed by atoms with Gasteiger partial charge < -0.3 is 24.4 Å². The van der Waals surface area contributed by atoms with Crippen molar-refractivity contribution >= 4 is 34.2 Å². The van der Waals surface area contributed by atoms with Gasteiger partial charge in [-0.1, -0.05) is 61.6 Å². The highest BCUT2D eigenvalue weighted by atomic mass is 16.6. The number of rotatable bonds is 6. The van der Waals surface area contributed by atoms with Crippen LogP contribution in [0.15, 0.2) is 66.8 Å². The largest absolute Gasteiger partial charge is 0.465 e. The molecule has 1 N–H and O–H groups in total. The zero-order valence-electron chi connectivity index (χ0n) is 23.5. The molecule has 0 saturated carbocycles. The van der Waals surface area contributed by atoms with Crippen molar-refractivity contribution in [1.82, 2.24) is 4.90 Å². The van der Waals surface area contributed by atoms with Gasteiger partial charge in [0, 0.05) is 25.4 Å². The fraction of sp³-hybridized carbons (Fsp3) is 0.485. The van der Waals surface area contributed by atoms with Gasteiger partial charge in [0.15, 0.2) is 0 Å². The van der Waals surface area contributed by atoms with Gasteiger partial charge >= 0.3 is 5.97 Å². The van der Waals surface area contributed by atoms with E-state index in [0.29, 0.717) is 32.4 Å². The van der Waals surface area contributed by atoms with Crippen LogP contribution in [0.4, 0.5) is 5.69 Å². The zero-order chi connectivity index (χ0) is 28.6. The van der Waals surface area contributed by atoms with E-state index in [9.17, 15) is 19.5 Å². The van der Waals surface area contributed by atoms with Crippen LogP contribution in [0, 0.1) is 11.8 Å². The van der Waals surface area contributed by atoms with Gasteiger partial charge in [-0.25, -0.2) is 0 Å². The molecule has 0 aromatic heterocycles. The molecular weight excluding hydrogens is 520 g/mol. The summed E-state index contributed by atoms with van der Waals surface area (Å²) in [6.07, 6.45) is 11.7. The highest BCUT2D eigenvalue weighted by molar-refractivity contribution is 6.06. The van der Waals surface area contributed by atoms with Crippen molar-refractivity contribution in [1.29, 1.82) is 0 Å². The van der Waals surface area contributed by atoms with E-state index in [0.717, 1.165) is 35.7 Å². The van der Waals surface area contributed by atoms with Gasteiger partial charge in [0.1, 0.15) is 23.2 Å². The van der Waals surface area contributed by atoms with Crippen LogP contribution in [-0.4, -0.2) is 71.3 Å². The van der Waals surface area contributed by atoms with Crippen LogP contribution in [-0.2, 0) is 23.9 Å². The number of esters is 1. The van der Waals surface area contributed by atoms with Crippen LogP contribution < -0.4 is 4.90 Å². The first-order valence-electron chi connectivity index (χ1n) is 14.9. The lowest BCUT2D eigenvalue weighted by atomic mass is 9.73. The van der Waals surface area contributed by atoms with Gasteiger partial charge in [0.05, 0.1) is 12.5 Å². The summed E-state index contributed by atoms with van der Waals surface area (Å²) in [6.45, 7) is 2.84. The maximum Gasteiger partial charge on any atom is 0.313 e. The van der Waals surface area contributed by atoms with Crippen LogP contribution in [0.2, 0.25) is 0 Å². The molecule has 0 radical (unpaired) electrons. The maximum atomic E-state index is 14.6. The second-order valence-electron chi connectivity index (χ2n) is 11.5. The Morgan fingerprint density at radius 2 is 1.78 bits per heavy atom. The number of amides is 2. The second kappa shape index (κ2) is 11.1. The summed E-state index contributed by atoms with van der Waals surface area (Å²) in [4.78, 5) is 46.1. The number of aliphatic hydroxyl groups excluding tert-OH is 1. The van der Waals surface area contributed by atoms with Crippen molar-refractivity contribution < 1.29 is 29.0 Å². The van der Waals surface area contributed by atoms with Gasteiger partial charge in [0.2, 0.25) is 5.91 Å². The number of aliphatic hydroxyl groups is 1. The number of likely N-dealkylation sites (tertiary alicyclic amines) is 1. The molecule has 2 amide bonds. The van der Waals surface area contributed by atoms with E-state index in [1.54, 1.807) is 9.80 Å². The monoisotopic (exact) mass is 558 g/mol. The molecule has 2 saturated heterocycles. The molecule has 6 rings (SSSR count). The average molecular weight is 559 g/mol. The molecule has 1 unspecified atom stereocenters. The highest BCUT2D eigenvalue weighted by Gasteiger charge is 2.75. The first-order valence-corrected chi connectivity index (χ1v) is 14.9. The van der Waals surface area contributed by atoms with E-state index in [-0.39, 0.29) is 25.0 Å². The van der Waals surface area contributed by atoms with Gasteiger partial charge in [0.25, 0.3) is 5.91 Å². The lowest BCUT2D eigenvalue weighted by Gasteiger charge is -2.38. The standard InChI is InChI=1S/C33H38N2O6/c1-2-32-16-7-3-4-10-21-40-31(39)27(32)26-29(37)35(18-8-9-20-36)28-30(38)34(19-11-17-33(26,28)41-32)25-15-14-23-12-5-6-13-24(23)22-25/h5-7,11-17,22,26-28,36H,2-4,8-10,18-21H2,1H3/b16-7-/t26-,27+,28?,32-,33-/m0/s1. The Balaban J connectivity index is 1.47. The number of unbranched alkanes of at least 4 members (excludes halogenated alkanes) is 1. The summed E-state index contributed by atoms with van der Waals surface area (Å²) in [5.74, 6) is -2.72. The summed E-state index contributed by atoms with van der Waals surface area (Å²) in [5.41, 5.74) is -1.65. The predicted octanol–water partition coefficient (Wildman–Crippen LogP) is 4.16. The van der Waals surface area contributed by atoms with Gasteiger partial charge in [-0.2, -0.15) is 0 Å². The number of carbonyl (C=O) groups excluding carboxylic acids is 3. The maximum absolute atomic E-state index is 14.6. The minimum Gasteiger partial charge on any atom is -0.465 e. The van der Waals surface area contributed by atoms with Crippen molar-refractivity contribution in [2.24, 2.45) is 11.8 Å². The summed E-state index contributed by atoms with van der Waals surface area (Å²) in [6, 6.07) is 13.0. The van der Waals surface area contributed by atoms with E-state index in [2.05, 4.69) is 6.08 Å². The van der Waals surface area contributed by atoms with Crippen LogP contribution in [0.5, 0.6) is 0 Å². The number of cyclic esters (lactones) is 1. The summed E-state index contributed by atoms with van der Waals surface area (Å²) >= 11 is 0. The Morgan fingerprint density at radius 1 is 0.951 bits per heavy atom. The molecule has 8 nitrogen and oxygen atoms in total. The molecule has 0 aliphatic carbocycles. The fourth-order valence-electron chi connectivity index (χ4n) is 7.25. The SMILES string of the molecule is CC[C@]12/C=C\CCCCOC(=O)[C@H]1[C@H]1C(=O)N(CCCCO)C3C(=O)N(c4ccc5ccccc5c4)CC=C[C@@]31O2. The van der Waals surface area contributed by atoms with Crippen molar-refractivity contribution in [3.05, 3.63) is 66.8 Å². The lowest BCUT2D eigenvalue weighted by molar-refractivity contribution is -0.160. The number of anilines is 1. The number of fused-ring (bicyclic) bond motifs is 3. The number of ether oxygens (including phenoxy) is 2. The summed E-state index contributed by atoms with van der Waals surface area (Å²) in [7, 11) is 0. The highest BCUT2D eigenvalue weighted by Crippen LogP contribution is 2.58. The molecule has 0 bridgehead atoms. The second-order valence-corrected chi connectivity index (χ2v) is 11.5. The van der Waals surface area contributed by atoms with Crippen LogP contribution >= 0.6 is 0 Å². The Hall–Kier alpha value is -3.49. The molecule has 2 fully saturated rings. The number of hydrogen-bond acceptors (Lipinski definition) is 6. The van der Waals surface area contributed by atoms with Crippen LogP contribution in [0.1, 0.15) is 45.4 Å². The molecular formula is C33H38N2O6. The molecule has 2 aromatic carbocycles. The molecule has 8 heteroatoms. The molecule has 4 aliphatic heterocycles. The number of allylic oxidation sites excluding steroid dienone is 1. The molecule has 41 heavy (non-hydrogen) atoms. The molecule has 5 atom stereocenters. The van der Waals surface area contributed by atoms with Crippen molar-refractivity contribution in [2.75, 3.05) is 31.2 Å². The van der Waals surface area contributed by atoms with Crippen LogP contribution in [0.25, 0.3) is 10.8 Å². The quantitative estimate of drug-likeness (QED) is 0.325. The molecule has 2 aromatic rings. The molecule has 4 heterocycles. The summed E-state index contributed by atoms with van der Waals surface area (Å²) in [5, 5.41) is 11.5. The van der Waals surface area contributed by atoms with E-state index < -0.39 is 35.0 Å². The summed E-state index contributed by atoms with van der Waals surface area (Å²) < 4.78 is 12.7. The minimum atomic E-state index is -1.32. The van der Waals surface area contributed by atoms with E-state index >= 15 is 0 Å². The molecule has 216 valence electrons.